The number of hydrogen-bond donors (Lipinski definition) is 2. The molecule has 2 atom stereocenters. The molecule has 0 spiro atoms. The molecule has 0 aliphatic carbocycles. The molecule has 0 radical (unpaired) electrons. The molecule has 0 bridgehead atoms. The number of hydrogen-bond acceptors (Lipinski definition) is 5. The molecule has 0 amide bonds. The zero-order valence-electron chi connectivity index (χ0n) is 6.65. The second kappa shape index (κ2) is 10.1. The topological polar surface area (TPSA) is 89.5 Å². The minimum Gasteiger partial charge on any atom is -0.804 e. The van der Waals surface area contributed by atoms with Crippen LogP contribution in [-0.4, -0.2) is 28.7 Å². The second-order valence-corrected chi connectivity index (χ2v) is 2.93. The van der Waals surface area contributed by atoms with Crippen LogP contribution in [-0.2, 0) is 9.36 Å². The van der Waals surface area contributed by atoms with Crippen LogP contribution in [0.4, 0.5) is 0 Å². The third-order valence-electron chi connectivity index (χ3n) is 1.01. The summed E-state index contributed by atoms with van der Waals surface area (Å²) in [5.41, 5.74) is 0. The zero-order valence-corrected chi connectivity index (χ0v) is 10.6. The molecule has 1 heterocycles. The van der Waals surface area contributed by atoms with Gasteiger partial charge in [0.2, 0.25) is 0 Å². The number of carboxylic acid groups (broad SMARTS) is 1. The van der Waals surface area contributed by atoms with E-state index in [0.717, 1.165) is 5.88 Å². The maximum Gasteiger partial charge on any atom is 1.00 e. The normalized spacial score (nSPS) is 21.2. The first-order chi connectivity index (χ1) is 5.22. The Morgan fingerprint density at radius 3 is 2.42 bits per heavy atom. The minimum absolute atomic E-state index is 0. The molecule has 2 N–H and O–H groups in total. The summed E-state index contributed by atoms with van der Waals surface area (Å²) in [5, 5.41) is 11.2. The third-order valence-corrected chi connectivity index (χ3v) is 1.95. The van der Waals surface area contributed by atoms with Crippen LogP contribution in [0.1, 0.15) is 0 Å². The van der Waals surface area contributed by atoms with E-state index in [1.54, 1.807) is 11.8 Å². The largest absolute Gasteiger partial charge is 1.00 e. The Labute approximate surface area is 97.9 Å². The maximum atomic E-state index is 10.1. The fourth-order valence-electron chi connectivity index (χ4n) is 0.554. The van der Waals surface area contributed by atoms with Crippen LogP contribution in [0.15, 0.2) is 0 Å². The van der Waals surface area contributed by atoms with Gasteiger partial charge >= 0.3 is 35.5 Å². The summed E-state index contributed by atoms with van der Waals surface area (Å²) in [5.74, 6) is 0.738. The molecule has 1 rings (SSSR count). The third kappa shape index (κ3) is 7.61. The van der Waals surface area contributed by atoms with Gasteiger partial charge in [0.05, 0.1) is 0 Å². The van der Waals surface area contributed by atoms with Gasteiger partial charge in [-0.1, -0.05) is 0 Å². The molecule has 5 nitrogen and oxygen atoms in total. The smallest absolute Gasteiger partial charge is 0.804 e. The van der Waals surface area contributed by atoms with Crippen molar-refractivity contribution in [1.29, 1.82) is 0 Å². The van der Waals surface area contributed by atoms with Crippen molar-refractivity contribution in [3.05, 3.63) is 0 Å². The monoisotopic (exact) mass is 221 g/mol. The van der Waals surface area contributed by atoms with Gasteiger partial charge < -0.3 is 14.6 Å². The van der Waals surface area contributed by atoms with E-state index in [1.807, 2.05) is 0 Å². The second-order valence-electron chi connectivity index (χ2n) is 1.71. The van der Waals surface area contributed by atoms with Crippen molar-refractivity contribution in [2.24, 2.45) is 0 Å². The fraction of sp³-hybridized carbons (Fsp3) is 0.750. The average molecular weight is 221 g/mol. The number of carboxylic acids is 1. The zero-order chi connectivity index (χ0) is 8.69. The van der Waals surface area contributed by atoms with Gasteiger partial charge in [-0.25, -0.2) is 0 Å². The van der Waals surface area contributed by atoms with Crippen LogP contribution >= 0.6 is 20.4 Å². The molecule has 0 aromatic carbocycles. The van der Waals surface area contributed by atoms with Gasteiger partial charge in [0, 0.05) is 11.6 Å². The van der Waals surface area contributed by atoms with Crippen LogP contribution in [0.5, 0.6) is 0 Å². The van der Waals surface area contributed by atoms with Crippen LogP contribution in [0.3, 0.4) is 0 Å². The Hall–Kier alpha value is 0.970. The summed E-state index contributed by atoms with van der Waals surface area (Å²) in [6, 6.07) is -0.306. The minimum atomic E-state index is -1.75. The molecule has 66 valence electrons. The first-order valence-electron chi connectivity index (χ1n) is 2.82. The molecular formula is C4H9NNaO4PS. The Bertz CT molecular complexity index is 143. The quantitative estimate of drug-likeness (QED) is 0.344. The predicted octanol–water partition coefficient (Wildman–Crippen LogP) is -4.24. The predicted molar refractivity (Wildman–Crippen MR) is 42.3 cm³/mol. The van der Waals surface area contributed by atoms with Crippen molar-refractivity contribution in [3.8, 4) is 0 Å². The number of aliphatic carboxylic acids is 1. The summed E-state index contributed by atoms with van der Waals surface area (Å²) in [7, 11) is -1.75. The molecule has 0 aromatic heterocycles. The first-order valence-corrected chi connectivity index (χ1v) is 4.91. The number of thioether (sulfide) groups is 1. The summed E-state index contributed by atoms with van der Waals surface area (Å²) >= 11 is 1.62. The van der Waals surface area contributed by atoms with Crippen LogP contribution in [0.25, 0.3) is 0 Å². The van der Waals surface area contributed by atoms with Gasteiger partial charge in [-0.15, -0.1) is 11.8 Å². The van der Waals surface area contributed by atoms with E-state index in [1.165, 1.54) is 0 Å². The number of rotatable bonds is 1. The van der Waals surface area contributed by atoms with Crippen LogP contribution < -0.4 is 39.8 Å². The summed E-state index contributed by atoms with van der Waals surface area (Å²) in [6.07, 6.45) is 0. The molecule has 1 saturated heterocycles. The van der Waals surface area contributed by atoms with Crippen LogP contribution in [0.2, 0.25) is 0 Å². The van der Waals surface area contributed by atoms with Gasteiger partial charge in [0.15, 0.2) is 0 Å². The summed E-state index contributed by atoms with van der Waals surface area (Å²) in [6.45, 7) is 0. The van der Waals surface area contributed by atoms with Gasteiger partial charge in [-0.05, 0) is 8.69 Å². The summed E-state index contributed by atoms with van der Waals surface area (Å²) < 4.78 is 8.46. The Kier molecular flexibility index (Phi) is 12.9. The molecule has 1 fully saturated rings. The van der Waals surface area contributed by atoms with Crippen molar-refractivity contribution in [2.75, 3.05) is 11.6 Å². The van der Waals surface area contributed by atoms with E-state index in [-0.39, 0.29) is 35.6 Å². The summed E-state index contributed by atoms with van der Waals surface area (Å²) in [4.78, 5) is 18.6. The van der Waals surface area contributed by atoms with E-state index >= 15 is 0 Å². The standard InChI is InChI=1S/C4H7NO2S.Na.H3O2P/c6-4(7)3-1-8-2-5-3;;1-3-2/h3,5H,1-2H2,(H,6,7);;3H2,(H,1,2)/q;+1;/p-1/t3-;;/m0../s1. The van der Waals surface area contributed by atoms with E-state index in [4.69, 9.17) is 14.6 Å². The SMILES string of the molecule is O=C(O)[C@@H]1CSCN1.O=[PH2][O-].[Na+]. The molecule has 1 aliphatic heterocycles. The van der Waals surface area contributed by atoms with Crippen molar-refractivity contribution < 1.29 is 48.9 Å². The van der Waals surface area contributed by atoms with E-state index in [9.17, 15) is 4.79 Å². The average Bonchev–Trinajstić information content (AvgIpc) is 2.38. The van der Waals surface area contributed by atoms with Crippen molar-refractivity contribution in [2.45, 2.75) is 6.04 Å². The molecule has 12 heavy (non-hydrogen) atoms. The molecular weight excluding hydrogens is 212 g/mol. The molecule has 1 aliphatic rings. The fourth-order valence-corrected chi connectivity index (χ4v) is 1.49. The van der Waals surface area contributed by atoms with E-state index in [2.05, 4.69) is 5.32 Å². The van der Waals surface area contributed by atoms with Gasteiger partial charge in [0.25, 0.3) is 0 Å². The van der Waals surface area contributed by atoms with E-state index in [0.29, 0.717) is 5.75 Å². The van der Waals surface area contributed by atoms with Gasteiger partial charge in [-0.2, -0.15) is 0 Å². The van der Waals surface area contributed by atoms with Crippen molar-refractivity contribution in [1.82, 2.24) is 5.32 Å². The van der Waals surface area contributed by atoms with Gasteiger partial charge in [0.1, 0.15) is 6.04 Å². The van der Waals surface area contributed by atoms with Crippen LogP contribution in [0, 0.1) is 0 Å². The van der Waals surface area contributed by atoms with Gasteiger partial charge in [-0.3, -0.25) is 10.1 Å². The number of carbonyl (C=O) groups is 1. The first kappa shape index (κ1) is 15.4. The molecule has 1 unspecified atom stereocenters. The van der Waals surface area contributed by atoms with Crippen molar-refractivity contribution >= 4 is 26.4 Å². The maximum absolute atomic E-state index is 10.1. The van der Waals surface area contributed by atoms with E-state index < -0.39 is 14.7 Å². The molecule has 8 heteroatoms. The Morgan fingerprint density at radius 1 is 1.75 bits per heavy atom. The molecule has 0 aromatic rings. The Balaban J connectivity index is 0. The Morgan fingerprint density at radius 2 is 2.25 bits per heavy atom. The number of nitrogens with one attached hydrogen (secondary N) is 1. The van der Waals surface area contributed by atoms with Crippen molar-refractivity contribution in [3.63, 3.8) is 0 Å². The molecule has 0 saturated carbocycles.